The number of urea groups is 1. The van der Waals surface area contributed by atoms with Crippen LogP contribution in [-0.4, -0.2) is 53.9 Å². The molecule has 2 aromatic rings. The van der Waals surface area contributed by atoms with Gasteiger partial charge in [-0.1, -0.05) is 0 Å². The van der Waals surface area contributed by atoms with Crippen LogP contribution in [0.2, 0.25) is 0 Å². The van der Waals surface area contributed by atoms with Crippen molar-refractivity contribution >= 4 is 17.5 Å². The monoisotopic (exact) mass is 423 g/mol. The zero-order valence-corrected chi connectivity index (χ0v) is 18.1. The minimum absolute atomic E-state index is 0.00701. The Morgan fingerprint density at radius 2 is 2.03 bits per heavy atom. The molecule has 1 aromatic heterocycles. The van der Waals surface area contributed by atoms with E-state index in [0.29, 0.717) is 25.6 Å². The highest BCUT2D eigenvalue weighted by Gasteiger charge is 2.49. The van der Waals surface area contributed by atoms with Crippen molar-refractivity contribution in [3.63, 3.8) is 0 Å². The van der Waals surface area contributed by atoms with E-state index in [1.165, 1.54) is 0 Å². The highest BCUT2D eigenvalue weighted by atomic mass is 16.5. The van der Waals surface area contributed by atoms with E-state index in [1.807, 2.05) is 31.2 Å². The number of morpholine rings is 1. The van der Waals surface area contributed by atoms with Gasteiger partial charge in [0.15, 0.2) is 5.82 Å². The van der Waals surface area contributed by atoms with Crippen LogP contribution in [0.5, 0.6) is 5.88 Å². The van der Waals surface area contributed by atoms with Gasteiger partial charge >= 0.3 is 6.03 Å². The van der Waals surface area contributed by atoms with Crippen molar-refractivity contribution in [2.75, 3.05) is 36.5 Å². The van der Waals surface area contributed by atoms with E-state index in [0.717, 1.165) is 60.7 Å². The van der Waals surface area contributed by atoms with Crippen LogP contribution < -0.4 is 20.3 Å². The molecular weight excluding hydrogens is 394 g/mol. The van der Waals surface area contributed by atoms with E-state index in [-0.39, 0.29) is 17.7 Å². The Bertz CT molecular complexity index is 974. The molecule has 1 saturated carbocycles. The molecule has 2 fully saturated rings. The maximum absolute atomic E-state index is 11.8. The summed E-state index contributed by atoms with van der Waals surface area (Å²) in [6.45, 7) is 6.84. The molecule has 2 amide bonds. The van der Waals surface area contributed by atoms with Crippen molar-refractivity contribution in [3.8, 4) is 17.3 Å². The summed E-state index contributed by atoms with van der Waals surface area (Å²) in [4.78, 5) is 23.9. The summed E-state index contributed by atoms with van der Waals surface area (Å²) in [6.07, 6.45) is 4.20. The largest absolute Gasteiger partial charge is 0.471 e. The van der Waals surface area contributed by atoms with Gasteiger partial charge in [-0.05, 0) is 63.8 Å². The summed E-state index contributed by atoms with van der Waals surface area (Å²) >= 11 is 0. The summed E-state index contributed by atoms with van der Waals surface area (Å²) in [5, 5.41) is 5.55. The molecular formula is C23H29N5O3. The van der Waals surface area contributed by atoms with Gasteiger partial charge in [0.05, 0.1) is 24.8 Å². The highest BCUT2D eigenvalue weighted by molar-refractivity contribution is 5.89. The maximum atomic E-state index is 11.8. The van der Waals surface area contributed by atoms with Crippen LogP contribution in [0.25, 0.3) is 11.4 Å². The summed E-state index contributed by atoms with van der Waals surface area (Å²) in [5.41, 5.74) is 2.73. The van der Waals surface area contributed by atoms with Crippen LogP contribution in [0.4, 0.5) is 16.3 Å². The molecule has 31 heavy (non-hydrogen) atoms. The molecule has 1 atom stereocenters. The molecule has 2 aliphatic heterocycles. The number of carbonyl (C=O) groups is 1. The van der Waals surface area contributed by atoms with Crippen molar-refractivity contribution in [1.29, 1.82) is 0 Å². The van der Waals surface area contributed by atoms with Gasteiger partial charge in [0.2, 0.25) is 5.88 Å². The third-order valence-corrected chi connectivity index (χ3v) is 6.28. The highest BCUT2D eigenvalue weighted by Crippen LogP contribution is 2.49. The van der Waals surface area contributed by atoms with Gasteiger partial charge in [0.25, 0.3) is 0 Å². The van der Waals surface area contributed by atoms with Gasteiger partial charge in [0, 0.05) is 24.3 Å². The van der Waals surface area contributed by atoms with Crippen LogP contribution in [-0.2, 0) is 11.2 Å². The van der Waals surface area contributed by atoms with E-state index in [2.05, 4.69) is 22.5 Å². The maximum Gasteiger partial charge on any atom is 0.319 e. The minimum atomic E-state index is -0.216. The number of benzene rings is 1. The Balaban J connectivity index is 1.48. The first-order valence-corrected chi connectivity index (χ1v) is 11.2. The summed E-state index contributed by atoms with van der Waals surface area (Å²) in [5.74, 6) is 2.34. The second-order valence-electron chi connectivity index (χ2n) is 8.62. The number of ether oxygens (including phenoxy) is 2. The van der Waals surface area contributed by atoms with Crippen molar-refractivity contribution in [3.05, 3.63) is 29.8 Å². The van der Waals surface area contributed by atoms with Crippen LogP contribution in [0.1, 0.15) is 38.7 Å². The Hall–Kier alpha value is -2.87. The second-order valence-corrected chi connectivity index (χ2v) is 8.62. The summed E-state index contributed by atoms with van der Waals surface area (Å²) in [7, 11) is 0. The predicted molar refractivity (Wildman–Crippen MR) is 119 cm³/mol. The normalized spacial score (nSPS) is 21.2. The molecule has 1 unspecified atom stereocenters. The molecule has 8 heteroatoms. The van der Waals surface area contributed by atoms with E-state index in [9.17, 15) is 4.79 Å². The molecule has 164 valence electrons. The van der Waals surface area contributed by atoms with Crippen LogP contribution >= 0.6 is 0 Å². The minimum Gasteiger partial charge on any atom is -0.471 e. The number of nitrogens with zero attached hydrogens (tertiary/aromatic N) is 3. The number of aromatic nitrogens is 2. The molecule has 3 heterocycles. The smallest absolute Gasteiger partial charge is 0.319 e. The molecule has 2 N–H and O–H groups in total. The van der Waals surface area contributed by atoms with Crippen molar-refractivity contribution in [2.45, 2.75) is 51.2 Å². The van der Waals surface area contributed by atoms with E-state index in [1.54, 1.807) is 0 Å². The van der Waals surface area contributed by atoms with Gasteiger partial charge in [-0.15, -0.1) is 0 Å². The summed E-state index contributed by atoms with van der Waals surface area (Å²) in [6, 6.07) is 7.64. The lowest BCUT2D eigenvalue weighted by molar-refractivity contribution is 0.0978. The van der Waals surface area contributed by atoms with Gasteiger partial charge in [-0.2, -0.15) is 4.98 Å². The van der Waals surface area contributed by atoms with E-state index < -0.39 is 0 Å². The summed E-state index contributed by atoms with van der Waals surface area (Å²) < 4.78 is 12.0. The van der Waals surface area contributed by atoms with Gasteiger partial charge in [0.1, 0.15) is 11.4 Å². The molecule has 1 spiro atoms. The van der Waals surface area contributed by atoms with Crippen LogP contribution in [0.3, 0.4) is 0 Å². The number of nitrogens with one attached hydrogen (secondary N) is 2. The first-order chi connectivity index (χ1) is 15.1. The van der Waals surface area contributed by atoms with Crippen molar-refractivity contribution in [1.82, 2.24) is 15.3 Å². The standard InChI is InChI=1S/C23H29N5O3/c1-3-24-22(29)25-17-6-4-16(5-7-17)19-26-20(28-12-13-30-14-15(28)2)18-8-9-23(10-11-23)31-21(18)27-19/h4-7,15H,3,8-14H2,1-2H3,(H2,24,25,29). The van der Waals surface area contributed by atoms with E-state index in [4.69, 9.17) is 19.4 Å². The number of fused-ring (bicyclic) bond motifs is 1. The zero-order valence-electron chi connectivity index (χ0n) is 18.1. The molecule has 0 bridgehead atoms. The average molecular weight is 424 g/mol. The fourth-order valence-corrected chi connectivity index (χ4v) is 4.30. The molecule has 5 rings (SSSR count). The third kappa shape index (κ3) is 4.04. The Kier molecular flexibility index (Phi) is 5.17. The van der Waals surface area contributed by atoms with Gasteiger partial charge in [-0.25, -0.2) is 9.78 Å². The molecule has 1 aromatic carbocycles. The molecule has 1 aliphatic carbocycles. The fourth-order valence-electron chi connectivity index (χ4n) is 4.30. The third-order valence-electron chi connectivity index (χ3n) is 6.28. The topological polar surface area (TPSA) is 88.6 Å². The predicted octanol–water partition coefficient (Wildman–Crippen LogP) is 3.37. The number of hydrogen-bond donors (Lipinski definition) is 2. The SMILES string of the molecule is CCNC(=O)Nc1ccc(-c2nc3c(c(N4CCOCC4C)n2)CCC2(CC2)O3)cc1. The second kappa shape index (κ2) is 8.00. The molecule has 8 nitrogen and oxygen atoms in total. The Morgan fingerprint density at radius 1 is 1.23 bits per heavy atom. The van der Waals surface area contributed by atoms with E-state index >= 15 is 0 Å². The molecule has 0 radical (unpaired) electrons. The Labute approximate surface area is 182 Å². The lowest BCUT2D eigenvalue weighted by Gasteiger charge is -2.37. The lowest BCUT2D eigenvalue weighted by atomic mass is 10.0. The zero-order chi connectivity index (χ0) is 21.4. The quantitative estimate of drug-likeness (QED) is 0.784. The van der Waals surface area contributed by atoms with Gasteiger partial charge < -0.3 is 25.0 Å². The number of amides is 2. The van der Waals surface area contributed by atoms with Crippen molar-refractivity contribution in [2.24, 2.45) is 0 Å². The number of rotatable bonds is 4. The Morgan fingerprint density at radius 3 is 2.74 bits per heavy atom. The van der Waals surface area contributed by atoms with Crippen LogP contribution in [0, 0.1) is 0 Å². The van der Waals surface area contributed by atoms with Crippen molar-refractivity contribution < 1.29 is 14.3 Å². The average Bonchev–Trinajstić information content (AvgIpc) is 3.52. The van der Waals surface area contributed by atoms with Crippen LogP contribution in [0.15, 0.2) is 24.3 Å². The fraction of sp³-hybridized carbons (Fsp3) is 0.522. The molecule has 1 saturated heterocycles. The number of anilines is 2. The van der Waals surface area contributed by atoms with Gasteiger partial charge in [-0.3, -0.25) is 0 Å². The molecule has 3 aliphatic rings. The lowest BCUT2D eigenvalue weighted by Crippen LogP contribution is -2.45. The first kappa shape index (κ1) is 20.1. The number of carbonyl (C=O) groups excluding carboxylic acids is 1. The first-order valence-electron chi connectivity index (χ1n) is 11.2. The number of hydrogen-bond acceptors (Lipinski definition) is 6.